The summed E-state index contributed by atoms with van der Waals surface area (Å²) in [5, 5.41) is 13.4. The predicted molar refractivity (Wildman–Crippen MR) is 101 cm³/mol. The summed E-state index contributed by atoms with van der Waals surface area (Å²) in [5.74, 6) is 2.08. The molecule has 0 aromatic heterocycles. The monoisotopic (exact) mass is 353 g/mol. The average Bonchev–Trinajstić information content (AvgIpc) is 2.64. The van der Waals surface area contributed by atoms with Crippen LogP contribution in [-0.2, 0) is 11.3 Å². The van der Waals surface area contributed by atoms with Gasteiger partial charge in [0.05, 0.1) is 33.5 Å². The summed E-state index contributed by atoms with van der Waals surface area (Å²) < 4.78 is 16.1. The van der Waals surface area contributed by atoms with Crippen LogP contribution in [0.3, 0.4) is 0 Å². The van der Waals surface area contributed by atoms with Crippen molar-refractivity contribution in [3.8, 4) is 11.5 Å². The molecular formula is C20H35NO4. The van der Waals surface area contributed by atoms with Crippen molar-refractivity contribution >= 4 is 0 Å². The Bertz CT molecular complexity index is 467. The van der Waals surface area contributed by atoms with E-state index in [0.717, 1.165) is 12.1 Å². The summed E-state index contributed by atoms with van der Waals surface area (Å²) in [6.07, 6.45) is 4.45. The third-order valence-corrected chi connectivity index (χ3v) is 4.38. The maximum Gasteiger partial charge on any atom is 0.161 e. The third kappa shape index (κ3) is 8.56. The molecule has 0 heterocycles. The Morgan fingerprint density at radius 3 is 2.48 bits per heavy atom. The van der Waals surface area contributed by atoms with Gasteiger partial charge in [0.25, 0.3) is 0 Å². The Labute approximate surface area is 152 Å². The first-order valence-electron chi connectivity index (χ1n) is 9.31. The fraction of sp³-hybridized carbons (Fsp3) is 0.700. The minimum Gasteiger partial charge on any atom is -0.493 e. The van der Waals surface area contributed by atoms with E-state index in [1.165, 1.54) is 25.7 Å². The van der Waals surface area contributed by atoms with Gasteiger partial charge in [-0.05, 0) is 36.6 Å². The molecule has 2 unspecified atom stereocenters. The third-order valence-electron chi connectivity index (χ3n) is 4.38. The van der Waals surface area contributed by atoms with E-state index in [4.69, 9.17) is 14.2 Å². The van der Waals surface area contributed by atoms with E-state index in [-0.39, 0.29) is 0 Å². The van der Waals surface area contributed by atoms with E-state index in [1.54, 1.807) is 14.2 Å². The molecule has 0 bridgehead atoms. The number of aliphatic hydroxyl groups excluding tert-OH is 1. The normalized spacial score (nSPS) is 13.5. The fourth-order valence-corrected chi connectivity index (χ4v) is 2.74. The molecule has 25 heavy (non-hydrogen) atoms. The molecular weight excluding hydrogens is 318 g/mol. The Balaban J connectivity index is 2.25. The van der Waals surface area contributed by atoms with Crippen molar-refractivity contribution < 1.29 is 19.3 Å². The molecule has 5 nitrogen and oxygen atoms in total. The largest absolute Gasteiger partial charge is 0.493 e. The second kappa shape index (κ2) is 13.0. The number of unbranched alkanes of at least 4 members (excludes halogenated alkanes) is 1. The lowest BCUT2D eigenvalue weighted by Crippen LogP contribution is -2.33. The molecule has 1 rings (SSSR count). The number of hydrogen-bond donors (Lipinski definition) is 2. The maximum absolute atomic E-state index is 10.0. The Morgan fingerprint density at radius 2 is 1.84 bits per heavy atom. The molecule has 144 valence electrons. The van der Waals surface area contributed by atoms with Gasteiger partial charge in [-0.3, -0.25) is 0 Å². The summed E-state index contributed by atoms with van der Waals surface area (Å²) in [5.41, 5.74) is 0.989. The van der Waals surface area contributed by atoms with E-state index in [2.05, 4.69) is 19.2 Å². The lowest BCUT2D eigenvalue weighted by molar-refractivity contribution is 0.0284. The summed E-state index contributed by atoms with van der Waals surface area (Å²) in [6, 6.07) is 5.69. The Kier molecular flexibility index (Phi) is 11.3. The lowest BCUT2D eigenvalue weighted by atomic mass is 9.99. The maximum atomic E-state index is 10.0. The molecule has 1 aromatic carbocycles. The Hall–Kier alpha value is -1.30. The lowest BCUT2D eigenvalue weighted by Gasteiger charge is -2.17. The van der Waals surface area contributed by atoms with Gasteiger partial charge in [-0.25, -0.2) is 0 Å². The second-order valence-corrected chi connectivity index (χ2v) is 6.43. The zero-order chi connectivity index (χ0) is 18.5. The number of ether oxygens (including phenoxy) is 3. The fourth-order valence-electron chi connectivity index (χ4n) is 2.74. The van der Waals surface area contributed by atoms with Crippen molar-refractivity contribution in [2.75, 3.05) is 33.9 Å². The van der Waals surface area contributed by atoms with Crippen molar-refractivity contribution in [1.29, 1.82) is 0 Å². The zero-order valence-corrected chi connectivity index (χ0v) is 16.2. The van der Waals surface area contributed by atoms with Gasteiger partial charge in [-0.2, -0.15) is 0 Å². The average molecular weight is 354 g/mol. The van der Waals surface area contributed by atoms with Crippen LogP contribution in [0.2, 0.25) is 0 Å². The molecule has 0 aliphatic carbocycles. The topological polar surface area (TPSA) is 60.0 Å². The van der Waals surface area contributed by atoms with Gasteiger partial charge in [-0.1, -0.05) is 39.2 Å². The van der Waals surface area contributed by atoms with Crippen molar-refractivity contribution in [3.63, 3.8) is 0 Å². The quantitative estimate of drug-likeness (QED) is 0.537. The van der Waals surface area contributed by atoms with Crippen LogP contribution in [-0.4, -0.2) is 45.1 Å². The van der Waals surface area contributed by atoms with Gasteiger partial charge < -0.3 is 24.6 Å². The van der Waals surface area contributed by atoms with Crippen LogP contribution in [0.25, 0.3) is 0 Å². The highest BCUT2D eigenvalue weighted by Crippen LogP contribution is 2.27. The van der Waals surface area contributed by atoms with Crippen LogP contribution in [0, 0.1) is 5.92 Å². The van der Waals surface area contributed by atoms with Gasteiger partial charge >= 0.3 is 0 Å². The van der Waals surface area contributed by atoms with E-state index < -0.39 is 6.10 Å². The second-order valence-electron chi connectivity index (χ2n) is 6.43. The van der Waals surface area contributed by atoms with Crippen molar-refractivity contribution in [1.82, 2.24) is 5.32 Å². The smallest absolute Gasteiger partial charge is 0.161 e. The van der Waals surface area contributed by atoms with E-state index in [1.807, 2.05) is 18.2 Å². The van der Waals surface area contributed by atoms with Crippen molar-refractivity contribution in [2.45, 2.75) is 52.2 Å². The molecule has 2 atom stereocenters. The van der Waals surface area contributed by atoms with Crippen LogP contribution in [0.4, 0.5) is 0 Å². The van der Waals surface area contributed by atoms with Gasteiger partial charge in [0.1, 0.15) is 0 Å². The highest BCUT2D eigenvalue weighted by atomic mass is 16.5. The molecule has 0 radical (unpaired) electrons. The molecule has 0 saturated carbocycles. The molecule has 0 aliphatic rings. The van der Waals surface area contributed by atoms with Crippen LogP contribution in [0.15, 0.2) is 18.2 Å². The van der Waals surface area contributed by atoms with Crippen molar-refractivity contribution in [3.05, 3.63) is 23.8 Å². The first-order chi connectivity index (χ1) is 12.1. The minimum absolute atomic E-state index is 0.313. The summed E-state index contributed by atoms with van der Waals surface area (Å²) in [4.78, 5) is 0. The van der Waals surface area contributed by atoms with Gasteiger partial charge in [-0.15, -0.1) is 0 Å². The SMILES string of the molecule is CCCCC(CC)CNCC(O)COCc1ccc(OC)c(OC)c1. The first kappa shape index (κ1) is 21.7. The zero-order valence-electron chi connectivity index (χ0n) is 16.2. The molecule has 0 spiro atoms. The Morgan fingerprint density at radius 1 is 1.08 bits per heavy atom. The molecule has 1 aromatic rings. The van der Waals surface area contributed by atoms with E-state index >= 15 is 0 Å². The summed E-state index contributed by atoms with van der Waals surface area (Å²) in [7, 11) is 3.23. The highest BCUT2D eigenvalue weighted by Gasteiger charge is 2.09. The number of aliphatic hydroxyl groups is 1. The van der Waals surface area contributed by atoms with E-state index in [9.17, 15) is 5.11 Å². The number of methoxy groups -OCH3 is 2. The molecule has 5 heteroatoms. The number of hydrogen-bond acceptors (Lipinski definition) is 5. The van der Waals surface area contributed by atoms with Gasteiger partial charge in [0, 0.05) is 6.54 Å². The summed E-state index contributed by atoms with van der Waals surface area (Å²) >= 11 is 0. The molecule has 2 N–H and O–H groups in total. The van der Waals surface area contributed by atoms with Crippen LogP contribution >= 0.6 is 0 Å². The van der Waals surface area contributed by atoms with Crippen LogP contribution in [0.5, 0.6) is 11.5 Å². The highest BCUT2D eigenvalue weighted by molar-refractivity contribution is 5.42. The van der Waals surface area contributed by atoms with Crippen LogP contribution in [0.1, 0.15) is 45.1 Å². The van der Waals surface area contributed by atoms with Crippen molar-refractivity contribution in [2.24, 2.45) is 5.92 Å². The number of benzene rings is 1. The molecule has 0 aliphatic heterocycles. The van der Waals surface area contributed by atoms with E-state index in [0.29, 0.717) is 37.2 Å². The minimum atomic E-state index is -0.496. The summed E-state index contributed by atoms with van der Waals surface area (Å²) in [6.45, 7) is 6.72. The molecule has 0 saturated heterocycles. The van der Waals surface area contributed by atoms with Gasteiger partial charge in [0.2, 0.25) is 0 Å². The predicted octanol–water partition coefficient (Wildman–Crippen LogP) is 3.39. The molecule has 0 fully saturated rings. The van der Waals surface area contributed by atoms with Gasteiger partial charge in [0.15, 0.2) is 11.5 Å². The first-order valence-corrected chi connectivity index (χ1v) is 9.31. The number of rotatable bonds is 14. The standard InChI is InChI=1S/C20H35NO4/c1-5-7-8-16(6-2)12-21-13-18(22)15-25-14-17-9-10-19(23-3)20(11-17)24-4/h9-11,16,18,21-22H,5-8,12-15H2,1-4H3. The van der Waals surface area contributed by atoms with Crippen LogP contribution < -0.4 is 14.8 Å². The molecule has 0 amide bonds. The number of nitrogens with one attached hydrogen (secondary N) is 1.